The Morgan fingerprint density at radius 1 is 1.14 bits per heavy atom. The van der Waals surface area contributed by atoms with Crippen molar-refractivity contribution in [1.82, 2.24) is 0 Å². The van der Waals surface area contributed by atoms with Gasteiger partial charge in [-0.2, -0.15) is 0 Å². The van der Waals surface area contributed by atoms with Gasteiger partial charge < -0.3 is 14.6 Å². The molecular weight excluding hydrogens is 400 g/mol. The number of benzene rings is 2. The molecule has 0 saturated carbocycles. The molecule has 0 saturated heterocycles. The van der Waals surface area contributed by atoms with E-state index in [4.69, 9.17) is 9.47 Å². The quantitative estimate of drug-likeness (QED) is 0.769. The summed E-state index contributed by atoms with van der Waals surface area (Å²) in [5, 5.41) is 10.3. The highest BCUT2D eigenvalue weighted by molar-refractivity contribution is 9.13. The molecule has 1 heterocycles. The zero-order valence-electron chi connectivity index (χ0n) is 11.3. The van der Waals surface area contributed by atoms with Crippen LogP contribution in [0.1, 0.15) is 29.8 Å². The maximum absolute atomic E-state index is 10.3. The van der Waals surface area contributed by atoms with Gasteiger partial charge in [-0.3, -0.25) is 0 Å². The van der Waals surface area contributed by atoms with E-state index in [1.54, 1.807) is 7.11 Å². The van der Waals surface area contributed by atoms with Crippen LogP contribution < -0.4 is 9.47 Å². The van der Waals surface area contributed by atoms with E-state index < -0.39 is 6.10 Å². The number of aliphatic hydroxyl groups excluding tert-OH is 1. The summed E-state index contributed by atoms with van der Waals surface area (Å²) in [6, 6.07) is 11.5. The second-order valence-corrected chi connectivity index (χ2v) is 6.64. The minimum Gasteiger partial charge on any atom is -0.497 e. The number of methoxy groups -OCH3 is 1. The van der Waals surface area contributed by atoms with Crippen LogP contribution in [-0.2, 0) is 0 Å². The summed E-state index contributed by atoms with van der Waals surface area (Å²) in [5.41, 5.74) is 1.83. The minimum atomic E-state index is -0.535. The average molecular weight is 414 g/mol. The second kappa shape index (κ2) is 5.99. The lowest BCUT2D eigenvalue weighted by molar-refractivity contribution is 0.0654. The normalized spacial score (nSPS) is 20.6. The smallest absolute Gasteiger partial charge is 0.129 e. The fourth-order valence-electron chi connectivity index (χ4n) is 2.47. The van der Waals surface area contributed by atoms with Gasteiger partial charge in [-0.25, -0.2) is 0 Å². The first-order chi connectivity index (χ1) is 10.1. The van der Waals surface area contributed by atoms with E-state index in [0.717, 1.165) is 25.8 Å². The van der Waals surface area contributed by atoms with E-state index in [9.17, 15) is 5.11 Å². The zero-order chi connectivity index (χ0) is 15.0. The third-order valence-corrected chi connectivity index (χ3v) is 5.48. The van der Waals surface area contributed by atoms with Crippen LogP contribution in [0.4, 0.5) is 0 Å². The summed E-state index contributed by atoms with van der Waals surface area (Å²) in [5.74, 6) is 1.40. The van der Waals surface area contributed by atoms with E-state index in [-0.39, 0.29) is 6.10 Å². The van der Waals surface area contributed by atoms with Crippen LogP contribution in [0, 0.1) is 0 Å². The van der Waals surface area contributed by atoms with Gasteiger partial charge in [0.25, 0.3) is 0 Å². The molecule has 3 rings (SSSR count). The predicted octanol–water partition coefficient (Wildman–Crippen LogP) is 4.78. The Kier molecular flexibility index (Phi) is 4.24. The van der Waals surface area contributed by atoms with E-state index in [1.165, 1.54) is 0 Å². The van der Waals surface area contributed by atoms with Crippen molar-refractivity contribution >= 4 is 31.9 Å². The van der Waals surface area contributed by atoms with Crippen molar-refractivity contribution in [3.05, 3.63) is 56.5 Å². The van der Waals surface area contributed by atoms with Crippen molar-refractivity contribution in [1.29, 1.82) is 0 Å². The highest BCUT2D eigenvalue weighted by Gasteiger charge is 2.28. The highest BCUT2D eigenvalue weighted by atomic mass is 79.9. The fraction of sp³-hybridized carbons (Fsp3) is 0.250. The van der Waals surface area contributed by atoms with Gasteiger partial charge in [0.1, 0.15) is 17.6 Å². The van der Waals surface area contributed by atoms with Crippen molar-refractivity contribution in [3.8, 4) is 11.5 Å². The Morgan fingerprint density at radius 2 is 1.95 bits per heavy atom. The van der Waals surface area contributed by atoms with Gasteiger partial charge in [0.05, 0.1) is 13.2 Å². The van der Waals surface area contributed by atoms with Crippen LogP contribution in [0.25, 0.3) is 0 Å². The molecule has 5 heteroatoms. The van der Waals surface area contributed by atoms with E-state index in [1.807, 2.05) is 36.4 Å². The number of ether oxygens (including phenoxy) is 2. The molecule has 21 heavy (non-hydrogen) atoms. The van der Waals surface area contributed by atoms with Crippen LogP contribution >= 0.6 is 31.9 Å². The maximum atomic E-state index is 10.3. The van der Waals surface area contributed by atoms with Gasteiger partial charge in [-0.15, -0.1) is 0 Å². The standard InChI is InChI=1S/C16H14Br2O3/c1-20-10-3-4-11-14(19)8-15(21-16(11)7-10)9-2-5-12(17)13(18)6-9/h2-7,14-15,19H,8H2,1H3/t14-,15?/m1/s1. The Bertz CT molecular complexity index is 673. The first kappa shape index (κ1) is 14.9. The summed E-state index contributed by atoms with van der Waals surface area (Å²) >= 11 is 6.95. The summed E-state index contributed by atoms with van der Waals surface area (Å²) < 4.78 is 13.2. The SMILES string of the molecule is COc1ccc2c(c1)OC(c1ccc(Br)c(Br)c1)C[C@H]2O. The Balaban J connectivity index is 1.94. The molecule has 1 unspecified atom stereocenters. The molecular formula is C16H14Br2O3. The second-order valence-electron chi connectivity index (χ2n) is 4.94. The van der Waals surface area contributed by atoms with Gasteiger partial charge in [-0.1, -0.05) is 6.07 Å². The third kappa shape index (κ3) is 2.96. The summed E-state index contributed by atoms with van der Waals surface area (Å²) in [6.07, 6.45) is -0.177. The monoisotopic (exact) mass is 412 g/mol. The molecule has 0 bridgehead atoms. The van der Waals surface area contributed by atoms with Gasteiger partial charge in [0.2, 0.25) is 0 Å². The van der Waals surface area contributed by atoms with Crippen LogP contribution in [-0.4, -0.2) is 12.2 Å². The number of hydrogen-bond donors (Lipinski definition) is 1. The zero-order valence-corrected chi connectivity index (χ0v) is 14.5. The van der Waals surface area contributed by atoms with Crippen molar-refractivity contribution < 1.29 is 14.6 Å². The Labute approximate surface area is 140 Å². The lowest BCUT2D eigenvalue weighted by Crippen LogP contribution is -2.19. The minimum absolute atomic E-state index is 0.177. The number of rotatable bonds is 2. The van der Waals surface area contributed by atoms with Crippen molar-refractivity contribution in [2.24, 2.45) is 0 Å². The number of hydrogen-bond acceptors (Lipinski definition) is 3. The van der Waals surface area contributed by atoms with Gasteiger partial charge in [0, 0.05) is 27.0 Å². The van der Waals surface area contributed by atoms with Crippen LogP contribution in [0.15, 0.2) is 45.3 Å². The van der Waals surface area contributed by atoms with E-state index in [2.05, 4.69) is 31.9 Å². The molecule has 110 valence electrons. The first-order valence-corrected chi connectivity index (χ1v) is 8.14. The van der Waals surface area contributed by atoms with Crippen molar-refractivity contribution in [2.45, 2.75) is 18.6 Å². The van der Waals surface area contributed by atoms with Crippen molar-refractivity contribution in [3.63, 3.8) is 0 Å². The molecule has 0 amide bonds. The summed E-state index contributed by atoms with van der Waals surface area (Å²) in [4.78, 5) is 0. The maximum Gasteiger partial charge on any atom is 0.129 e. The molecule has 1 aliphatic rings. The molecule has 0 spiro atoms. The molecule has 3 nitrogen and oxygen atoms in total. The molecule has 1 aliphatic heterocycles. The van der Waals surface area contributed by atoms with Gasteiger partial charge in [0.15, 0.2) is 0 Å². The first-order valence-electron chi connectivity index (χ1n) is 6.56. The molecule has 0 fully saturated rings. The van der Waals surface area contributed by atoms with Crippen LogP contribution in [0.2, 0.25) is 0 Å². The van der Waals surface area contributed by atoms with Crippen molar-refractivity contribution in [2.75, 3.05) is 7.11 Å². The molecule has 1 N–H and O–H groups in total. The molecule has 2 atom stereocenters. The Morgan fingerprint density at radius 3 is 2.67 bits per heavy atom. The summed E-state index contributed by atoms with van der Waals surface area (Å²) in [7, 11) is 1.62. The van der Waals surface area contributed by atoms with Gasteiger partial charge >= 0.3 is 0 Å². The topological polar surface area (TPSA) is 38.7 Å². The van der Waals surface area contributed by atoms with E-state index in [0.29, 0.717) is 12.2 Å². The molecule has 2 aromatic carbocycles. The Hall–Kier alpha value is -1.04. The molecule has 0 aliphatic carbocycles. The summed E-state index contributed by atoms with van der Waals surface area (Å²) in [6.45, 7) is 0. The number of aliphatic hydroxyl groups is 1. The molecule has 2 aromatic rings. The lowest BCUT2D eigenvalue weighted by atomic mass is 9.95. The molecule has 0 radical (unpaired) electrons. The fourth-order valence-corrected chi connectivity index (χ4v) is 3.11. The van der Waals surface area contributed by atoms with Gasteiger partial charge in [-0.05, 0) is 61.7 Å². The number of halogens is 2. The van der Waals surface area contributed by atoms with Crippen LogP contribution in [0.3, 0.4) is 0 Å². The number of fused-ring (bicyclic) bond motifs is 1. The lowest BCUT2D eigenvalue weighted by Gasteiger charge is -2.30. The average Bonchev–Trinajstić information content (AvgIpc) is 2.49. The molecule has 0 aromatic heterocycles. The van der Waals surface area contributed by atoms with Crippen LogP contribution in [0.5, 0.6) is 11.5 Å². The predicted molar refractivity (Wildman–Crippen MR) is 87.8 cm³/mol. The van der Waals surface area contributed by atoms with E-state index >= 15 is 0 Å². The third-order valence-electron chi connectivity index (χ3n) is 3.60. The largest absolute Gasteiger partial charge is 0.497 e. The highest BCUT2D eigenvalue weighted by Crippen LogP contribution is 2.43.